The van der Waals surface area contributed by atoms with E-state index < -0.39 is 0 Å². The molecule has 0 fully saturated rings. The van der Waals surface area contributed by atoms with Crippen molar-refractivity contribution in [2.45, 2.75) is 19.9 Å². The van der Waals surface area contributed by atoms with Crippen LogP contribution in [-0.2, 0) is 0 Å². The Hall–Kier alpha value is -1.74. The van der Waals surface area contributed by atoms with Crippen molar-refractivity contribution in [2.75, 3.05) is 7.05 Å². The van der Waals surface area contributed by atoms with Gasteiger partial charge in [-0.2, -0.15) is 0 Å². The Kier molecular flexibility index (Phi) is 3.49. The summed E-state index contributed by atoms with van der Waals surface area (Å²) in [5.74, 6) is 0. The van der Waals surface area contributed by atoms with Crippen LogP contribution >= 0.6 is 0 Å². The highest BCUT2D eigenvalue weighted by Crippen LogP contribution is 2.23. The van der Waals surface area contributed by atoms with E-state index in [4.69, 9.17) is 0 Å². The maximum Gasteiger partial charge on any atom is 0.0607 e. The van der Waals surface area contributed by atoms with Gasteiger partial charge >= 0.3 is 0 Å². The molecule has 17 heavy (non-hydrogen) atoms. The van der Waals surface area contributed by atoms with Crippen LogP contribution in [0.25, 0.3) is 0 Å². The summed E-state index contributed by atoms with van der Waals surface area (Å²) in [5, 5.41) is 3.32. The van der Waals surface area contributed by atoms with Gasteiger partial charge in [-0.25, -0.2) is 0 Å². The lowest BCUT2D eigenvalue weighted by Gasteiger charge is -2.18. The summed E-state index contributed by atoms with van der Waals surface area (Å²) in [7, 11) is 1.96. The predicted octanol–water partition coefficient (Wildman–Crippen LogP) is 2.40. The largest absolute Gasteiger partial charge is 0.309 e. The molecular formula is C14H17N3. The van der Waals surface area contributed by atoms with E-state index in [9.17, 15) is 0 Å². The van der Waals surface area contributed by atoms with E-state index in [0.717, 1.165) is 0 Å². The van der Waals surface area contributed by atoms with Crippen LogP contribution < -0.4 is 5.32 Å². The average molecular weight is 227 g/mol. The number of aryl methyl sites for hydroxylation is 2. The molecule has 0 aromatic carbocycles. The Morgan fingerprint density at radius 2 is 1.94 bits per heavy atom. The molecule has 1 unspecified atom stereocenters. The fraction of sp³-hybridized carbons (Fsp3) is 0.286. The van der Waals surface area contributed by atoms with E-state index in [2.05, 4.69) is 35.2 Å². The summed E-state index contributed by atoms with van der Waals surface area (Å²) in [5.41, 5.74) is 4.77. The Bertz CT molecular complexity index is 508. The van der Waals surface area contributed by atoms with Crippen molar-refractivity contribution in [3.05, 3.63) is 59.2 Å². The fourth-order valence-electron chi connectivity index (χ4n) is 2.02. The highest BCUT2D eigenvalue weighted by Gasteiger charge is 2.14. The van der Waals surface area contributed by atoms with Crippen molar-refractivity contribution >= 4 is 0 Å². The standard InChI is InChI=1S/C14H17N3/c1-10-6-12(8-17-7-10)14(15-3)13-9-16-5-4-11(13)2/h4-9,14-15H,1-3H3. The van der Waals surface area contributed by atoms with Crippen LogP contribution in [0.2, 0.25) is 0 Å². The molecule has 0 amide bonds. The van der Waals surface area contributed by atoms with Crippen molar-refractivity contribution in [3.63, 3.8) is 0 Å². The van der Waals surface area contributed by atoms with Crippen LogP contribution in [0.5, 0.6) is 0 Å². The second kappa shape index (κ2) is 5.06. The third-order valence-corrected chi connectivity index (χ3v) is 2.91. The molecule has 2 aromatic rings. The molecule has 2 rings (SSSR count). The van der Waals surface area contributed by atoms with Crippen LogP contribution in [0.4, 0.5) is 0 Å². The first kappa shape index (κ1) is 11.7. The predicted molar refractivity (Wildman–Crippen MR) is 68.9 cm³/mol. The molecule has 1 N–H and O–H groups in total. The summed E-state index contributed by atoms with van der Waals surface area (Å²) in [6.07, 6.45) is 7.51. The molecule has 0 bridgehead atoms. The Balaban J connectivity index is 2.44. The van der Waals surface area contributed by atoms with Gasteiger partial charge in [-0.1, -0.05) is 6.07 Å². The van der Waals surface area contributed by atoms with Gasteiger partial charge in [-0.3, -0.25) is 9.97 Å². The van der Waals surface area contributed by atoms with Crippen molar-refractivity contribution < 1.29 is 0 Å². The molecule has 0 aliphatic heterocycles. The Morgan fingerprint density at radius 1 is 1.12 bits per heavy atom. The highest BCUT2D eigenvalue weighted by atomic mass is 14.9. The zero-order valence-electron chi connectivity index (χ0n) is 10.4. The zero-order chi connectivity index (χ0) is 12.3. The first-order valence-electron chi connectivity index (χ1n) is 5.71. The lowest BCUT2D eigenvalue weighted by molar-refractivity contribution is 0.680. The van der Waals surface area contributed by atoms with Gasteiger partial charge in [0.05, 0.1) is 6.04 Å². The minimum Gasteiger partial charge on any atom is -0.309 e. The molecule has 1 atom stereocenters. The van der Waals surface area contributed by atoms with Crippen LogP contribution in [0, 0.1) is 13.8 Å². The van der Waals surface area contributed by atoms with Gasteiger partial charge in [-0.05, 0) is 49.2 Å². The van der Waals surface area contributed by atoms with Crippen LogP contribution in [0.15, 0.2) is 36.9 Å². The number of nitrogens with one attached hydrogen (secondary N) is 1. The first-order valence-corrected chi connectivity index (χ1v) is 5.71. The molecule has 0 spiro atoms. The van der Waals surface area contributed by atoms with Gasteiger partial charge in [0.25, 0.3) is 0 Å². The molecule has 88 valence electrons. The third kappa shape index (κ3) is 2.50. The third-order valence-electron chi connectivity index (χ3n) is 2.91. The molecule has 2 heterocycles. The van der Waals surface area contributed by atoms with Gasteiger partial charge in [0.2, 0.25) is 0 Å². The number of hydrogen-bond donors (Lipinski definition) is 1. The van der Waals surface area contributed by atoms with Crippen molar-refractivity contribution in [3.8, 4) is 0 Å². The monoisotopic (exact) mass is 227 g/mol. The van der Waals surface area contributed by atoms with Crippen molar-refractivity contribution in [1.29, 1.82) is 0 Å². The number of nitrogens with zero attached hydrogens (tertiary/aromatic N) is 2. The summed E-state index contributed by atoms with van der Waals surface area (Å²) < 4.78 is 0. The van der Waals surface area contributed by atoms with Crippen LogP contribution in [0.3, 0.4) is 0 Å². The van der Waals surface area contributed by atoms with Gasteiger partial charge in [-0.15, -0.1) is 0 Å². The zero-order valence-corrected chi connectivity index (χ0v) is 10.4. The molecule has 0 saturated carbocycles. The summed E-state index contributed by atoms with van der Waals surface area (Å²) in [6, 6.07) is 4.33. The van der Waals surface area contributed by atoms with Crippen molar-refractivity contribution in [2.24, 2.45) is 0 Å². The maximum atomic E-state index is 4.25. The second-order valence-electron chi connectivity index (χ2n) is 4.25. The summed E-state index contributed by atoms with van der Waals surface area (Å²) in [6.45, 7) is 4.16. The smallest absolute Gasteiger partial charge is 0.0607 e. The fourth-order valence-corrected chi connectivity index (χ4v) is 2.02. The molecule has 0 aliphatic rings. The van der Waals surface area contributed by atoms with E-state index in [1.54, 1.807) is 0 Å². The van der Waals surface area contributed by atoms with E-state index in [1.807, 2.05) is 37.9 Å². The number of pyridine rings is 2. The molecule has 0 saturated heterocycles. The number of rotatable bonds is 3. The normalized spacial score (nSPS) is 12.4. The molecule has 0 aliphatic carbocycles. The SMILES string of the molecule is CNC(c1cncc(C)c1)c1cnccc1C. The molecule has 3 nitrogen and oxygen atoms in total. The average Bonchev–Trinajstić information content (AvgIpc) is 2.33. The topological polar surface area (TPSA) is 37.8 Å². The van der Waals surface area contributed by atoms with E-state index >= 15 is 0 Å². The minimum absolute atomic E-state index is 0.149. The van der Waals surface area contributed by atoms with Gasteiger partial charge in [0.1, 0.15) is 0 Å². The molecule has 0 radical (unpaired) electrons. The maximum absolute atomic E-state index is 4.25. The number of hydrogen-bond acceptors (Lipinski definition) is 3. The highest BCUT2D eigenvalue weighted by molar-refractivity contribution is 5.34. The lowest BCUT2D eigenvalue weighted by Crippen LogP contribution is -2.19. The van der Waals surface area contributed by atoms with Crippen LogP contribution in [-0.4, -0.2) is 17.0 Å². The quantitative estimate of drug-likeness (QED) is 0.875. The number of aromatic nitrogens is 2. The van der Waals surface area contributed by atoms with E-state index in [-0.39, 0.29) is 6.04 Å². The molecule has 3 heteroatoms. The Labute approximate surface area is 102 Å². The van der Waals surface area contributed by atoms with Gasteiger partial charge in [0.15, 0.2) is 0 Å². The first-order chi connectivity index (χ1) is 8.22. The van der Waals surface area contributed by atoms with Gasteiger partial charge in [0, 0.05) is 24.8 Å². The van der Waals surface area contributed by atoms with E-state index in [0.29, 0.717) is 0 Å². The Morgan fingerprint density at radius 3 is 2.59 bits per heavy atom. The second-order valence-corrected chi connectivity index (χ2v) is 4.25. The lowest BCUT2D eigenvalue weighted by atomic mass is 9.97. The van der Waals surface area contributed by atoms with Crippen LogP contribution in [0.1, 0.15) is 28.3 Å². The molecule has 2 aromatic heterocycles. The minimum atomic E-state index is 0.149. The molecular weight excluding hydrogens is 210 g/mol. The van der Waals surface area contributed by atoms with E-state index in [1.165, 1.54) is 22.3 Å². The summed E-state index contributed by atoms with van der Waals surface area (Å²) >= 11 is 0. The summed E-state index contributed by atoms with van der Waals surface area (Å²) in [4.78, 5) is 8.45. The van der Waals surface area contributed by atoms with Crippen molar-refractivity contribution in [1.82, 2.24) is 15.3 Å². The van der Waals surface area contributed by atoms with Gasteiger partial charge < -0.3 is 5.32 Å².